The molecule has 4 rings (SSSR count). The Labute approximate surface area is 163 Å². The molecule has 5 nitrogen and oxygen atoms in total. The molecule has 1 saturated heterocycles. The molecule has 2 heterocycles. The van der Waals surface area contributed by atoms with Crippen molar-refractivity contribution in [3.05, 3.63) is 69.4 Å². The molecular weight excluding hydrogens is 391 g/mol. The smallest absolute Gasteiger partial charge is 0.264 e. The zero-order valence-corrected chi connectivity index (χ0v) is 15.4. The molecule has 1 N–H and O–H groups in total. The second kappa shape index (κ2) is 7.07. The van der Waals surface area contributed by atoms with Crippen molar-refractivity contribution in [2.24, 2.45) is 4.99 Å². The predicted molar refractivity (Wildman–Crippen MR) is 107 cm³/mol. The molecular formula is C18H10Cl2N4OS. The number of carbonyl (C=O) groups is 1. The van der Waals surface area contributed by atoms with Crippen molar-refractivity contribution in [1.82, 2.24) is 15.3 Å². The van der Waals surface area contributed by atoms with Crippen LogP contribution in [0.2, 0.25) is 10.0 Å². The van der Waals surface area contributed by atoms with Gasteiger partial charge in [-0.05, 0) is 47.7 Å². The van der Waals surface area contributed by atoms with Crippen LogP contribution in [-0.4, -0.2) is 21.0 Å². The van der Waals surface area contributed by atoms with Gasteiger partial charge in [-0.2, -0.15) is 0 Å². The molecule has 1 amide bonds. The van der Waals surface area contributed by atoms with Gasteiger partial charge in [0.2, 0.25) is 0 Å². The predicted octanol–water partition coefficient (Wildman–Crippen LogP) is 4.83. The first kappa shape index (κ1) is 17.0. The number of thioether (sulfide) groups is 1. The number of fused-ring (bicyclic) bond motifs is 1. The highest BCUT2D eigenvalue weighted by molar-refractivity contribution is 8.18. The number of benzene rings is 2. The van der Waals surface area contributed by atoms with Gasteiger partial charge in [0.1, 0.15) is 12.0 Å². The van der Waals surface area contributed by atoms with E-state index in [2.05, 4.69) is 20.3 Å². The Bertz CT molecular complexity index is 1080. The van der Waals surface area contributed by atoms with E-state index in [0.717, 1.165) is 16.5 Å². The minimum Gasteiger partial charge on any atom is -0.300 e. The number of halogens is 2. The average Bonchev–Trinajstić information content (AvgIpc) is 2.97. The molecule has 2 aromatic carbocycles. The van der Waals surface area contributed by atoms with E-state index < -0.39 is 0 Å². The van der Waals surface area contributed by atoms with Gasteiger partial charge in [0, 0.05) is 11.6 Å². The van der Waals surface area contributed by atoms with Gasteiger partial charge in [0.05, 0.1) is 20.5 Å². The molecule has 1 aromatic heterocycles. The van der Waals surface area contributed by atoms with Crippen LogP contribution < -0.4 is 5.32 Å². The largest absolute Gasteiger partial charge is 0.300 e. The average molecular weight is 401 g/mol. The third-order valence-electron chi connectivity index (χ3n) is 3.63. The van der Waals surface area contributed by atoms with E-state index in [1.54, 1.807) is 30.5 Å². The summed E-state index contributed by atoms with van der Waals surface area (Å²) in [5.41, 5.74) is 2.16. The van der Waals surface area contributed by atoms with Crippen LogP contribution in [0.3, 0.4) is 0 Å². The van der Waals surface area contributed by atoms with Crippen molar-refractivity contribution in [2.75, 3.05) is 0 Å². The second-order valence-electron chi connectivity index (χ2n) is 5.39. The van der Waals surface area contributed by atoms with E-state index in [1.807, 2.05) is 18.2 Å². The van der Waals surface area contributed by atoms with Crippen molar-refractivity contribution in [3.8, 4) is 0 Å². The molecule has 1 fully saturated rings. The number of carbonyl (C=O) groups excluding carboxylic acids is 1. The molecule has 1 aliphatic heterocycles. The molecule has 0 bridgehead atoms. The Morgan fingerprint density at radius 1 is 1.15 bits per heavy atom. The van der Waals surface area contributed by atoms with Crippen LogP contribution in [0.1, 0.15) is 5.56 Å². The minimum atomic E-state index is -0.221. The molecule has 128 valence electrons. The van der Waals surface area contributed by atoms with Gasteiger partial charge in [0.25, 0.3) is 5.91 Å². The van der Waals surface area contributed by atoms with Crippen LogP contribution in [0.25, 0.3) is 17.0 Å². The zero-order chi connectivity index (χ0) is 18.1. The first-order chi connectivity index (χ1) is 12.6. The lowest BCUT2D eigenvalue weighted by atomic mass is 10.1. The van der Waals surface area contributed by atoms with E-state index in [-0.39, 0.29) is 5.91 Å². The van der Waals surface area contributed by atoms with Crippen LogP contribution in [-0.2, 0) is 4.79 Å². The van der Waals surface area contributed by atoms with Gasteiger partial charge in [-0.25, -0.2) is 15.0 Å². The van der Waals surface area contributed by atoms with E-state index in [0.29, 0.717) is 25.8 Å². The monoisotopic (exact) mass is 400 g/mol. The zero-order valence-electron chi connectivity index (χ0n) is 13.1. The number of nitrogens with one attached hydrogen (secondary N) is 1. The van der Waals surface area contributed by atoms with Crippen molar-refractivity contribution in [3.63, 3.8) is 0 Å². The fourth-order valence-electron chi connectivity index (χ4n) is 2.42. The summed E-state index contributed by atoms with van der Waals surface area (Å²) < 4.78 is 0. The molecule has 0 aliphatic carbocycles. The lowest BCUT2D eigenvalue weighted by Gasteiger charge is -2.01. The highest BCUT2D eigenvalue weighted by atomic mass is 35.5. The fraction of sp³-hybridized carbons (Fsp3) is 0. The van der Waals surface area contributed by atoms with Crippen LogP contribution in [0.4, 0.5) is 5.69 Å². The van der Waals surface area contributed by atoms with E-state index in [1.165, 1.54) is 18.1 Å². The Kier molecular flexibility index (Phi) is 4.63. The summed E-state index contributed by atoms with van der Waals surface area (Å²) in [7, 11) is 0. The van der Waals surface area contributed by atoms with E-state index >= 15 is 0 Å². The summed E-state index contributed by atoms with van der Waals surface area (Å²) in [6.45, 7) is 0. The van der Waals surface area contributed by atoms with Crippen molar-refractivity contribution in [2.45, 2.75) is 0 Å². The maximum absolute atomic E-state index is 12.2. The Hall–Kier alpha value is -2.41. The van der Waals surface area contributed by atoms with Gasteiger partial charge in [0.15, 0.2) is 5.17 Å². The summed E-state index contributed by atoms with van der Waals surface area (Å²) in [6.07, 6.45) is 5.03. The Balaban J connectivity index is 1.65. The first-order valence-corrected chi connectivity index (χ1v) is 9.11. The van der Waals surface area contributed by atoms with Crippen LogP contribution >= 0.6 is 35.0 Å². The van der Waals surface area contributed by atoms with Gasteiger partial charge < -0.3 is 5.32 Å². The molecule has 0 unspecified atom stereocenters. The highest BCUT2D eigenvalue weighted by Gasteiger charge is 2.24. The summed E-state index contributed by atoms with van der Waals surface area (Å²) >= 11 is 13.5. The van der Waals surface area contributed by atoms with Crippen LogP contribution in [0.15, 0.2) is 58.8 Å². The van der Waals surface area contributed by atoms with Crippen molar-refractivity contribution in [1.29, 1.82) is 0 Å². The number of nitrogens with zero attached hydrogens (tertiary/aromatic N) is 3. The Morgan fingerprint density at radius 3 is 2.77 bits per heavy atom. The van der Waals surface area contributed by atoms with E-state index in [4.69, 9.17) is 23.2 Å². The summed E-state index contributed by atoms with van der Waals surface area (Å²) in [5.74, 6) is -0.221. The normalized spacial score (nSPS) is 17.2. The van der Waals surface area contributed by atoms with Crippen LogP contribution in [0, 0.1) is 0 Å². The second-order valence-corrected chi connectivity index (χ2v) is 7.24. The molecule has 8 heteroatoms. The number of rotatable bonds is 2. The van der Waals surface area contributed by atoms with Crippen molar-refractivity contribution >= 4 is 68.7 Å². The molecule has 0 saturated carbocycles. The number of amidine groups is 1. The van der Waals surface area contributed by atoms with E-state index in [9.17, 15) is 4.79 Å². The fourth-order valence-corrected chi connectivity index (χ4v) is 3.73. The highest BCUT2D eigenvalue weighted by Crippen LogP contribution is 2.35. The maximum Gasteiger partial charge on any atom is 0.264 e. The summed E-state index contributed by atoms with van der Waals surface area (Å²) in [5, 5.41) is 4.91. The van der Waals surface area contributed by atoms with Crippen molar-refractivity contribution < 1.29 is 4.79 Å². The quantitative estimate of drug-likeness (QED) is 0.625. The lowest BCUT2D eigenvalue weighted by Crippen LogP contribution is -2.19. The topological polar surface area (TPSA) is 67.2 Å². The molecule has 26 heavy (non-hydrogen) atoms. The molecule has 3 aromatic rings. The lowest BCUT2D eigenvalue weighted by molar-refractivity contribution is -0.115. The summed E-state index contributed by atoms with van der Waals surface area (Å²) in [6, 6.07) is 10.8. The minimum absolute atomic E-state index is 0.221. The number of hydrogen-bond donors (Lipinski definition) is 1. The third kappa shape index (κ3) is 3.44. The number of hydrogen-bond acceptors (Lipinski definition) is 5. The van der Waals surface area contributed by atoms with Gasteiger partial charge >= 0.3 is 0 Å². The number of para-hydroxylation sites is 1. The Morgan fingerprint density at radius 2 is 1.96 bits per heavy atom. The van der Waals surface area contributed by atoms with Gasteiger partial charge in [-0.3, -0.25) is 4.79 Å². The maximum atomic E-state index is 12.2. The SMILES string of the molecule is O=C1NC(=Nc2c(Cl)cccc2Cl)SC1=Cc1ccc2ncncc2c1. The number of aliphatic imine (C=N–C) groups is 1. The summed E-state index contributed by atoms with van der Waals surface area (Å²) in [4.78, 5) is 25.3. The molecule has 0 spiro atoms. The van der Waals surface area contributed by atoms with Gasteiger partial charge in [-0.15, -0.1) is 0 Å². The standard InChI is InChI=1S/C18H10Cl2N4OS/c19-12-2-1-3-13(20)16(12)23-18-24-17(25)15(26-18)7-10-4-5-14-11(6-10)8-21-9-22-14/h1-9H,(H,23,24,25). The molecule has 1 aliphatic rings. The number of amides is 1. The molecule has 0 atom stereocenters. The number of aromatic nitrogens is 2. The van der Waals surface area contributed by atoms with Crippen LogP contribution in [0.5, 0.6) is 0 Å². The van der Waals surface area contributed by atoms with Gasteiger partial charge in [-0.1, -0.05) is 35.3 Å². The first-order valence-electron chi connectivity index (χ1n) is 7.53. The molecule has 0 radical (unpaired) electrons. The third-order valence-corrected chi connectivity index (χ3v) is 5.15.